The van der Waals surface area contributed by atoms with Crippen molar-refractivity contribution in [2.45, 2.75) is 26.3 Å². The molecule has 0 spiro atoms. The highest BCUT2D eigenvalue weighted by atomic mass is 16.5. The first-order valence-corrected chi connectivity index (χ1v) is 6.72. The first-order valence-electron chi connectivity index (χ1n) is 6.72. The lowest BCUT2D eigenvalue weighted by Gasteiger charge is -2.05. The van der Waals surface area contributed by atoms with Gasteiger partial charge in [0, 0.05) is 24.7 Å². The molecule has 2 rings (SSSR count). The molecule has 0 aliphatic rings. The normalized spacial score (nSPS) is 10.8. The number of nitrogens with one attached hydrogen (secondary N) is 2. The molecule has 0 saturated carbocycles. The van der Waals surface area contributed by atoms with E-state index in [2.05, 4.69) is 34.6 Å². The molecule has 0 amide bonds. The van der Waals surface area contributed by atoms with Gasteiger partial charge in [0.2, 0.25) is 0 Å². The topological polar surface area (TPSA) is 54.1 Å². The van der Waals surface area contributed by atoms with Crippen LogP contribution in [0.1, 0.15) is 25.3 Å². The molecule has 1 aromatic carbocycles. The third-order valence-corrected chi connectivity index (χ3v) is 2.99. The number of aromatic amines is 1. The van der Waals surface area contributed by atoms with E-state index >= 15 is 0 Å². The summed E-state index contributed by atoms with van der Waals surface area (Å²) in [6.07, 6.45) is 3.24. The molecule has 2 aromatic rings. The van der Waals surface area contributed by atoms with Crippen LogP contribution >= 0.6 is 0 Å². The Morgan fingerprint density at radius 1 is 1.37 bits per heavy atom. The first-order chi connectivity index (χ1) is 9.29. The third kappa shape index (κ3) is 4.10. The minimum atomic E-state index is -0.114. The fourth-order valence-electron chi connectivity index (χ4n) is 2.03. The number of rotatable bonds is 7. The lowest BCUT2D eigenvalue weighted by molar-refractivity contribution is -0.143. The number of carbonyl (C=O) groups excluding carboxylic acids is 1. The quantitative estimate of drug-likeness (QED) is 0.594. The second-order valence-corrected chi connectivity index (χ2v) is 4.48. The minimum Gasteiger partial charge on any atom is -0.466 e. The molecule has 2 N–H and O–H groups in total. The number of esters is 1. The van der Waals surface area contributed by atoms with Gasteiger partial charge in [0.15, 0.2) is 0 Å². The minimum absolute atomic E-state index is 0.114. The Labute approximate surface area is 113 Å². The van der Waals surface area contributed by atoms with Crippen molar-refractivity contribution in [3.05, 3.63) is 36.0 Å². The highest BCUT2D eigenvalue weighted by Gasteiger charge is 2.01. The average molecular weight is 260 g/mol. The number of hydrogen-bond acceptors (Lipinski definition) is 3. The van der Waals surface area contributed by atoms with Crippen molar-refractivity contribution >= 4 is 16.9 Å². The van der Waals surface area contributed by atoms with Gasteiger partial charge < -0.3 is 15.0 Å². The summed E-state index contributed by atoms with van der Waals surface area (Å²) >= 11 is 0. The van der Waals surface area contributed by atoms with Crippen molar-refractivity contribution in [2.75, 3.05) is 13.2 Å². The van der Waals surface area contributed by atoms with Gasteiger partial charge in [0.05, 0.1) is 6.61 Å². The zero-order valence-electron chi connectivity index (χ0n) is 11.2. The standard InChI is InChI=1S/C15H20N2O2/c1-2-19-15(18)4-3-8-16-11-12-5-6-13-7-9-17-14(13)10-12/h5-7,9-10,16-17H,2-4,8,11H2,1H3. The molecule has 102 valence electrons. The highest BCUT2D eigenvalue weighted by molar-refractivity contribution is 5.79. The Kier molecular flexibility index (Phi) is 4.98. The van der Waals surface area contributed by atoms with Crippen LogP contribution in [0.2, 0.25) is 0 Å². The molecule has 0 unspecified atom stereocenters. The van der Waals surface area contributed by atoms with Crippen LogP contribution in [0.5, 0.6) is 0 Å². The van der Waals surface area contributed by atoms with E-state index in [0.717, 1.165) is 25.0 Å². The maximum atomic E-state index is 11.1. The lowest BCUT2D eigenvalue weighted by atomic mass is 10.1. The van der Waals surface area contributed by atoms with Gasteiger partial charge in [-0.3, -0.25) is 4.79 Å². The summed E-state index contributed by atoms with van der Waals surface area (Å²) in [6, 6.07) is 8.44. The molecule has 0 saturated heterocycles. The van der Waals surface area contributed by atoms with Crippen LogP contribution in [-0.2, 0) is 16.1 Å². The van der Waals surface area contributed by atoms with Crippen LogP contribution < -0.4 is 5.32 Å². The van der Waals surface area contributed by atoms with Gasteiger partial charge in [-0.05, 0) is 43.0 Å². The Hall–Kier alpha value is -1.81. The van der Waals surface area contributed by atoms with Crippen molar-refractivity contribution in [3.8, 4) is 0 Å². The molecule has 0 bridgehead atoms. The van der Waals surface area contributed by atoms with Crippen molar-refractivity contribution in [2.24, 2.45) is 0 Å². The summed E-state index contributed by atoms with van der Waals surface area (Å²) < 4.78 is 4.88. The van der Waals surface area contributed by atoms with Crippen LogP contribution in [0.25, 0.3) is 10.9 Å². The van der Waals surface area contributed by atoms with Crippen molar-refractivity contribution < 1.29 is 9.53 Å². The van der Waals surface area contributed by atoms with Gasteiger partial charge >= 0.3 is 5.97 Å². The van der Waals surface area contributed by atoms with E-state index < -0.39 is 0 Å². The van der Waals surface area contributed by atoms with Crippen molar-refractivity contribution in [1.29, 1.82) is 0 Å². The summed E-state index contributed by atoms with van der Waals surface area (Å²) in [5, 5.41) is 4.56. The highest BCUT2D eigenvalue weighted by Crippen LogP contribution is 2.13. The van der Waals surface area contributed by atoms with E-state index in [1.54, 1.807) is 0 Å². The van der Waals surface area contributed by atoms with Gasteiger partial charge in [0.1, 0.15) is 0 Å². The molecule has 4 heteroatoms. The molecule has 0 fully saturated rings. The fourth-order valence-corrected chi connectivity index (χ4v) is 2.03. The number of benzene rings is 1. The molecule has 0 atom stereocenters. The summed E-state index contributed by atoms with van der Waals surface area (Å²) in [4.78, 5) is 14.3. The third-order valence-electron chi connectivity index (χ3n) is 2.99. The summed E-state index contributed by atoms with van der Waals surface area (Å²) in [5.41, 5.74) is 2.40. The Bertz CT molecular complexity index is 534. The maximum Gasteiger partial charge on any atom is 0.305 e. The molecular formula is C15H20N2O2. The van der Waals surface area contributed by atoms with E-state index in [4.69, 9.17) is 4.74 Å². The number of aromatic nitrogens is 1. The summed E-state index contributed by atoms with van der Waals surface area (Å²) in [5.74, 6) is -0.114. The molecular weight excluding hydrogens is 240 g/mol. The van der Waals surface area contributed by atoms with E-state index in [-0.39, 0.29) is 5.97 Å². The maximum absolute atomic E-state index is 11.1. The molecule has 19 heavy (non-hydrogen) atoms. The zero-order chi connectivity index (χ0) is 13.5. The molecule has 0 aliphatic heterocycles. The van der Waals surface area contributed by atoms with Crippen molar-refractivity contribution in [3.63, 3.8) is 0 Å². The van der Waals surface area contributed by atoms with Gasteiger partial charge in [-0.25, -0.2) is 0 Å². The number of ether oxygens (including phenoxy) is 1. The van der Waals surface area contributed by atoms with E-state index in [1.165, 1.54) is 10.9 Å². The Morgan fingerprint density at radius 3 is 3.11 bits per heavy atom. The predicted octanol–water partition coefficient (Wildman–Crippen LogP) is 2.60. The summed E-state index contributed by atoms with van der Waals surface area (Å²) in [6.45, 7) is 3.93. The number of H-pyrrole nitrogens is 1. The summed E-state index contributed by atoms with van der Waals surface area (Å²) in [7, 11) is 0. The molecule has 0 aliphatic carbocycles. The average Bonchev–Trinajstić information content (AvgIpc) is 2.86. The smallest absolute Gasteiger partial charge is 0.305 e. The van der Waals surface area contributed by atoms with Crippen LogP contribution in [0.4, 0.5) is 0 Å². The monoisotopic (exact) mass is 260 g/mol. The van der Waals surface area contributed by atoms with Crippen LogP contribution in [-0.4, -0.2) is 24.1 Å². The second-order valence-electron chi connectivity index (χ2n) is 4.48. The predicted molar refractivity (Wildman–Crippen MR) is 75.9 cm³/mol. The molecule has 1 heterocycles. The van der Waals surface area contributed by atoms with Gasteiger partial charge in [-0.2, -0.15) is 0 Å². The number of carbonyl (C=O) groups is 1. The Morgan fingerprint density at radius 2 is 2.26 bits per heavy atom. The SMILES string of the molecule is CCOC(=O)CCCNCc1ccc2cc[nH]c2c1. The van der Waals surface area contributed by atoms with Crippen LogP contribution in [0, 0.1) is 0 Å². The number of fused-ring (bicyclic) bond motifs is 1. The largest absolute Gasteiger partial charge is 0.466 e. The van der Waals surface area contributed by atoms with Gasteiger partial charge in [0.25, 0.3) is 0 Å². The first kappa shape index (κ1) is 13.6. The van der Waals surface area contributed by atoms with Crippen molar-refractivity contribution in [1.82, 2.24) is 10.3 Å². The number of hydrogen-bond donors (Lipinski definition) is 2. The van der Waals surface area contributed by atoms with E-state index in [1.807, 2.05) is 13.1 Å². The molecule has 4 nitrogen and oxygen atoms in total. The van der Waals surface area contributed by atoms with E-state index in [9.17, 15) is 4.79 Å². The molecule has 1 aromatic heterocycles. The zero-order valence-corrected chi connectivity index (χ0v) is 11.2. The van der Waals surface area contributed by atoms with Gasteiger partial charge in [-0.1, -0.05) is 12.1 Å². The van der Waals surface area contributed by atoms with Gasteiger partial charge in [-0.15, -0.1) is 0 Å². The Balaban J connectivity index is 1.69. The lowest BCUT2D eigenvalue weighted by Crippen LogP contribution is -2.16. The molecule has 0 radical (unpaired) electrons. The van der Waals surface area contributed by atoms with E-state index in [0.29, 0.717) is 13.0 Å². The second kappa shape index (κ2) is 6.95. The van der Waals surface area contributed by atoms with Crippen LogP contribution in [0.3, 0.4) is 0 Å². The fraction of sp³-hybridized carbons (Fsp3) is 0.400. The van der Waals surface area contributed by atoms with Crippen LogP contribution in [0.15, 0.2) is 30.5 Å².